The summed E-state index contributed by atoms with van der Waals surface area (Å²) in [7, 11) is 0. The number of hydrogen-bond donors (Lipinski definition) is 1. The molecule has 6 heteroatoms. The van der Waals surface area contributed by atoms with Crippen LogP contribution in [0.4, 0.5) is 0 Å². The number of nitrogens with zero attached hydrogens (tertiary/aromatic N) is 2. The molecule has 1 atom stereocenters. The molecule has 1 amide bonds. The molecule has 0 radical (unpaired) electrons. The average Bonchev–Trinajstić information content (AvgIpc) is 2.95. The molecule has 0 fully saturated rings. The smallest absolute Gasteiger partial charge is 0.230 e. The van der Waals surface area contributed by atoms with Crippen LogP contribution in [0.15, 0.2) is 35.6 Å². The van der Waals surface area contributed by atoms with E-state index in [1.807, 2.05) is 0 Å². The fourth-order valence-corrected chi connectivity index (χ4v) is 5.46. The largest absolute Gasteiger partial charge is 0.349 e. The van der Waals surface area contributed by atoms with Gasteiger partial charge in [0.25, 0.3) is 0 Å². The molecule has 4 rings (SSSR count). The van der Waals surface area contributed by atoms with Crippen LogP contribution in [0.25, 0.3) is 10.2 Å². The molecule has 1 N–H and O–H groups in total. The zero-order valence-corrected chi connectivity index (χ0v) is 16.5. The van der Waals surface area contributed by atoms with E-state index in [1.54, 1.807) is 17.7 Å². The Morgan fingerprint density at radius 2 is 2.15 bits per heavy atom. The van der Waals surface area contributed by atoms with Crippen molar-refractivity contribution in [3.05, 3.63) is 52.2 Å². The molecule has 1 aliphatic rings. The molecule has 0 aliphatic heterocycles. The Bertz CT molecular complexity index is 967. The first-order chi connectivity index (χ1) is 12.6. The average molecular weight is 384 g/mol. The second-order valence-electron chi connectivity index (χ2n) is 6.64. The fraction of sp³-hybridized carbons (Fsp3) is 0.350. The van der Waals surface area contributed by atoms with E-state index in [1.165, 1.54) is 33.3 Å². The Labute approximate surface area is 161 Å². The Hall–Kier alpha value is -1.92. The molecule has 1 aromatic carbocycles. The lowest BCUT2D eigenvalue weighted by atomic mass is 9.88. The van der Waals surface area contributed by atoms with Crippen LogP contribution in [-0.4, -0.2) is 21.6 Å². The summed E-state index contributed by atoms with van der Waals surface area (Å²) in [5, 5.41) is 5.21. The van der Waals surface area contributed by atoms with E-state index in [2.05, 4.69) is 53.4 Å². The highest BCUT2D eigenvalue weighted by atomic mass is 32.2. The van der Waals surface area contributed by atoms with Gasteiger partial charge in [-0.2, -0.15) is 0 Å². The van der Waals surface area contributed by atoms with Gasteiger partial charge in [-0.15, -0.1) is 11.3 Å². The van der Waals surface area contributed by atoms with E-state index >= 15 is 0 Å². The molecule has 1 aliphatic carbocycles. The minimum atomic E-state index is 0.0630. The Morgan fingerprint density at radius 3 is 3.04 bits per heavy atom. The van der Waals surface area contributed by atoms with Crippen molar-refractivity contribution in [2.45, 2.75) is 44.2 Å². The van der Waals surface area contributed by atoms with Crippen LogP contribution in [-0.2, 0) is 11.2 Å². The number of fused-ring (bicyclic) bond motifs is 2. The number of benzene rings is 1. The Morgan fingerprint density at radius 1 is 1.31 bits per heavy atom. The van der Waals surface area contributed by atoms with Crippen molar-refractivity contribution in [3.63, 3.8) is 0 Å². The SMILES string of the molecule is Cc1sc2ncnc(SCC(=O)N[C@H]3CCCc4ccccc43)c2c1C. The highest BCUT2D eigenvalue weighted by molar-refractivity contribution is 8.00. The number of carbonyl (C=O) groups excluding carboxylic acids is 1. The molecule has 0 bridgehead atoms. The van der Waals surface area contributed by atoms with E-state index in [9.17, 15) is 4.79 Å². The molecule has 0 saturated carbocycles. The lowest BCUT2D eigenvalue weighted by Gasteiger charge is -2.26. The van der Waals surface area contributed by atoms with Gasteiger partial charge in [0.15, 0.2) is 0 Å². The summed E-state index contributed by atoms with van der Waals surface area (Å²) < 4.78 is 0. The first kappa shape index (κ1) is 17.5. The van der Waals surface area contributed by atoms with Gasteiger partial charge in [-0.1, -0.05) is 36.0 Å². The van der Waals surface area contributed by atoms with Gasteiger partial charge in [-0.25, -0.2) is 9.97 Å². The molecule has 26 heavy (non-hydrogen) atoms. The molecule has 0 unspecified atom stereocenters. The normalized spacial score (nSPS) is 16.5. The fourth-order valence-electron chi connectivity index (χ4n) is 3.53. The molecule has 134 valence electrons. The molecule has 4 nitrogen and oxygen atoms in total. The van der Waals surface area contributed by atoms with Gasteiger partial charge < -0.3 is 5.32 Å². The first-order valence-corrected chi connectivity index (χ1v) is 10.6. The van der Waals surface area contributed by atoms with Crippen LogP contribution in [0.3, 0.4) is 0 Å². The van der Waals surface area contributed by atoms with E-state index in [-0.39, 0.29) is 11.9 Å². The monoisotopic (exact) mass is 383 g/mol. The van der Waals surface area contributed by atoms with Gasteiger partial charge in [-0.05, 0) is 49.8 Å². The Kier molecular flexibility index (Phi) is 4.96. The molecule has 3 aromatic rings. The van der Waals surface area contributed by atoms with E-state index in [0.717, 1.165) is 34.5 Å². The summed E-state index contributed by atoms with van der Waals surface area (Å²) in [6.45, 7) is 4.20. The summed E-state index contributed by atoms with van der Waals surface area (Å²) in [4.78, 5) is 23.6. The third-order valence-electron chi connectivity index (χ3n) is 4.98. The van der Waals surface area contributed by atoms with Crippen LogP contribution in [0.2, 0.25) is 0 Å². The zero-order valence-electron chi connectivity index (χ0n) is 14.9. The summed E-state index contributed by atoms with van der Waals surface area (Å²) in [6.07, 6.45) is 4.82. The number of thiophene rings is 1. The molecular formula is C20H21N3OS2. The van der Waals surface area contributed by atoms with Gasteiger partial charge in [-0.3, -0.25) is 4.79 Å². The number of carbonyl (C=O) groups is 1. The predicted molar refractivity (Wildman–Crippen MR) is 108 cm³/mol. The minimum absolute atomic E-state index is 0.0630. The van der Waals surface area contributed by atoms with Crippen LogP contribution in [0.1, 0.15) is 40.5 Å². The lowest BCUT2D eigenvalue weighted by molar-refractivity contribution is -0.119. The van der Waals surface area contributed by atoms with Crippen molar-refractivity contribution in [2.75, 3.05) is 5.75 Å². The maximum absolute atomic E-state index is 12.5. The number of amides is 1. The van der Waals surface area contributed by atoms with Crippen LogP contribution in [0.5, 0.6) is 0 Å². The second-order valence-corrected chi connectivity index (χ2v) is 8.81. The predicted octanol–water partition coefficient (Wildman–Crippen LogP) is 4.59. The number of aromatic nitrogens is 2. The van der Waals surface area contributed by atoms with Crippen LogP contribution >= 0.6 is 23.1 Å². The maximum atomic E-state index is 12.5. The van der Waals surface area contributed by atoms with Crippen molar-refractivity contribution in [1.82, 2.24) is 15.3 Å². The summed E-state index contributed by atoms with van der Waals surface area (Å²) >= 11 is 3.18. The Balaban J connectivity index is 1.46. The number of aryl methyl sites for hydroxylation is 3. The summed E-state index contributed by atoms with van der Waals surface area (Å²) in [5.41, 5.74) is 3.85. The maximum Gasteiger partial charge on any atom is 0.230 e. The van der Waals surface area contributed by atoms with E-state index in [4.69, 9.17) is 0 Å². The van der Waals surface area contributed by atoms with Crippen molar-refractivity contribution in [1.29, 1.82) is 0 Å². The first-order valence-electron chi connectivity index (χ1n) is 8.84. The molecule has 2 aromatic heterocycles. The van der Waals surface area contributed by atoms with Gasteiger partial charge >= 0.3 is 0 Å². The molecule has 0 saturated heterocycles. The third-order valence-corrected chi connectivity index (χ3v) is 7.08. The number of hydrogen-bond acceptors (Lipinski definition) is 5. The number of thioether (sulfide) groups is 1. The van der Waals surface area contributed by atoms with Crippen molar-refractivity contribution < 1.29 is 4.79 Å². The van der Waals surface area contributed by atoms with Crippen molar-refractivity contribution >= 4 is 39.2 Å². The number of rotatable bonds is 4. The minimum Gasteiger partial charge on any atom is -0.349 e. The van der Waals surface area contributed by atoms with E-state index in [0.29, 0.717) is 5.75 Å². The summed E-state index contributed by atoms with van der Waals surface area (Å²) in [6, 6.07) is 8.56. The highest BCUT2D eigenvalue weighted by Crippen LogP contribution is 2.34. The van der Waals surface area contributed by atoms with Crippen molar-refractivity contribution in [3.8, 4) is 0 Å². The molecular weight excluding hydrogens is 362 g/mol. The van der Waals surface area contributed by atoms with Crippen LogP contribution < -0.4 is 5.32 Å². The second kappa shape index (κ2) is 7.37. The van der Waals surface area contributed by atoms with Gasteiger partial charge in [0.2, 0.25) is 5.91 Å². The highest BCUT2D eigenvalue weighted by Gasteiger charge is 2.21. The van der Waals surface area contributed by atoms with Gasteiger partial charge in [0.05, 0.1) is 11.8 Å². The van der Waals surface area contributed by atoms with Gasteiger partial charge in [0.1, 0.15) is 16.2 Å². The zero-order chi connectivity index (χ0) is 18.1. The topological polar surface area (TPSA) is 54.9 Å². The quantitative estimate of drug-likeness (QED) is 0.529. The van der Waals surface area contributed by atoms with E-state index < -0.39 is 0 Å². The van der Waals surface area contributed by atoms with Crippen molar-refractivity contribution in [2.24, 2.45) is 0 Å². The lowest BCUT2D eigenvalue weighted by Crippen LogP contribution is -2.32. The number of nitrogens with one attached hydrogen (secondary N) is 1. The third kappa shape index (κ3) is 3.35. The molecule has 0 spiro atoms. The standard InChI is InChI=1S/C20H21N3OS2/c1-12-13(2)26-20-18(12)19(21-11-22-20)25-10-17(24)23-16-9-5-7-14-6-3-4-8-15(14)16/h3-4,6,8,11,16H,5,7,9-10H2,1-2H3,(H,23,24)/t16-/m0/s1. The molecule has 2 heterocycles. The van der Waals surface area contributed by atoms with Crippen LogP contribution in [0, 0.1) is 13.8 Å². The van der Waals surface area contributed by atoms with Gasteiger partial charge in [0, 0.05) is 10.3 Å². The summed E-state index contributed by atoms with van der Waals surface area (Å²) in [5.74, 6) is 0.437.